The van der Waals surface area contributed by atoms with Gasteiger partial charge in [-0.2, -0.15) is 0 Å². The van der Waals surface area contributed by atoms with Gasteiger partial charge < -0.3 is 10.1 Å². The quantitative estimate of drug-likeness (QED) is 0.510. The van der Waals surface area contributed by atoms with E-state index in [1.807, 2.05) is 6.79 Å². The lowest BCUT2D eigenvalue weighted by molar-refractivity contribution is -0.0979. The molecule has 1 unspecified atom stereocenters. The molecule has 2 fully saturated rings. The first kappa shape index (κ1) is 24.2. The van der Waals surface area contributed by atoms with Crippen molar-refractivity contribution in [1.29, 1.82) is 0 Å². The number of carbonyl (C=O) groups is 1. The zero-order valence-corrected chi connectivity index (χ0v) is 18.3. The van der Waals surface area contributed by atoms with Crippen LogP contribution in [-0.2, 0) is 11.2 Å². The van der Waals surface area contributed by atoms with Crippen molar-refractivity contribution >= 4 is 12.5 Å². The van der Waals surface area contributed by atoms with Gasteiger partial charge >= 0.3 is 0 Å². The lowest BCUT2D eigenvalue weighted by Gasteiger charge is -2.15. The average Bonchev–Trinajstić information content (AvgIpc) is 3.11. The molecule has 3 rings (SSSR count). The molecule has 0 amide bonds. The second kappa shape index (κ2) is 14.2. The molecule has 0 spiro atoms. The number of hydrogen-bond acceptors (Lipinski definition) is 2. The summed E-state index contributed by atoms with van der Waals surface area (Å²) in [6.45, 7) is 14.7. The summed E-state index contributed by atoms with van der Waals surface area (Å²) in [7, 11) is 0. The van der Waals surface area contributed by atoms with Crippen LogP contribution >= 0.6 is 0 Å². The summed E-state index contributed by atoms with van der Waals surface area (Å²) in [6.07, 6.45) is 14.6. The number of nitrogens with one attached hydrogen (secondary N) is 1. The van der Waals surface area contributed by atoms with Crippen LogP contribution in [0.2, 0.25) is 0 Å². The standard InChI is InChI=1S/C18H25N.C7H14.CH2O/c1-4-6-15(3)19-18-11-9-16(10-12-18)13-17-8-5-7-14(17)2;1-7-5-3-2-4-6-7;1-2/h9-12,17,19H,2-8,13H2,1H3;7H,2-6H2,1H3;1H2. The second-order valence-corrected chi connectivity index (χ2v) is 8.37. The molecule has 0 radical (unpaired) electrons. The molecule has 2 saturated carbocycles. The van der Waals surface area contributed by atoms with Crippen LogP contribution in [0.15, 0.2) is 48.7 Å². The molecule has 2 aliphatic carbocycles. The Balaban J connectivity index is 0.000000363. The van der Waals surface area contributed by atoms with Crippen LogP contribution in [0.25, 0.3) is 0 Å². The van der Waals surface area contributed by atoms with Crippen LogP contribution < -0.4 is 5.32 Å². The fourth-order valence-corrected chi connectivity index (χ4v) is 4.11. The molecule has 0 bridgehead atoms. The molecular formula is C26H41NO. The fraction of sp³-hybridized carbons (Fsp3) is 0.577. The summed E-state index contributed by atoms with van der Waals surface area (Å²) in [5.74, 6) is 1.74. The van der Waals surface area contributed by atoms with Crippen molar-refractivity contribution < 1.29 is 4.79 Å². The Morgan fingerprint density at radius 2 is 1.68 bits per heavy atom. The first-order chi connectivity index (χ1) is 13.6. The smallest absolute Gasteiger partial charge is 0.106 e. The van der Waals surface area contributed by atoms with Crippen molar-refractivity contribution in [2.45, 2.75) is 84.5 Å². The maximum Gasteiger partial charge on any atom is 0.106 e. The Morgan fingerprint density at radius 1 is 1.04 bits per heavy atom. The van der Waals surface area contributed by atoms with E-state index in [1.165, 1.54) is 62.5 Å². The maximum atomic E-state index is 8.00. The van der Waals surface area contributed by atoms with E-state index >= 15 is 0 Å². The van der Waals surface area contributed by atoms with Crippen LogP contribution in [0.1, 0.15) is 83.6 Å². The van der Waals surface area contributed by atoms with Crippen molar-refractivity contribution in [3.63, 3.8) is 0 Å². The molecule has 0 aliphatic heterocycles. The van der Waals surface area contributed by atoms with Crippen molar-refractivity contribution in [2.75, 3.05) is 5.32 Å². The number of allylic oxidation sites excluding steroid dienone is 2. The molecule has 2 aliphatic rings. The molecule has 156 valence electrons. The monoisotopic (exact) mass is 383 g/mol. The van der Waals surface area contributed by atoms with Gasteiger partial charge in [0.2, 0.25) is 0 Å². The Kier molecular flexibility index (Phi) is 12.3. The molecule has 0 aromatic heterocycles. The fourth-order valence-electron chi connectivity index (χ4n) is 4.11. The number of hydrogen-bond donors (Lipinski definition) is 1. The van der Waals surface area contributed by atoms with Gasteiger partial charge in [-0.1, -0.05) is 83.2 Å². The third-order valence-corrected chi connectivity index (χ3v) is 5.83. The zero-order chi connectivity index (χ0) is 20.8. The van der Waals surface area contributed by atoms with Crippen LogP contribution in [-0.4, -0.2) is 6.79 Å². The Morgan fingerprint density at radius 3 is 2.14 bits per heavy atom. The molecule has 0 saturated heterocycles. The first-order valence-corrected chi connectivity index (χ1v) is 11.1. The Hall–Kier alpha value is -1.83. The number of anilines is 1. The second-order valence-electron chi connectivity index (χ2n) is 8.37. The van der Waals surface area contributed by atoms with Gasteiger partial charge in [-0.25, -0.2) is 0 Å². The normalized spacial score (nSPS) is 19.1. The highest BCUT2D eigenvalue weighted by atomic mass is 16.1. The van der Waals surface area contributed by atoms with Gasteiger partial charge in [0.15, 0.2) is 0 Å². The highest BCUT2D eigenvalue weighted by molar-refractivity contribution is 5.48. The van der Waals surface area contributed by atoms with E-state index in [0.29, 0.717) is 5.92 Å². The molecule has 1 aromatic carbocycles. The van der Waals surface area contributed by atoms with Gasteiger partial charge in [-0.05, 0) is 61.6 Å². The average molecular weight is 384 g/mol. The van der Waals surface area contributed by atoms with E-state index < -0.39 is 0 Å². The SMILES string of the molecule is C=C(CCC)Nc1ccc(CC2CCCC2=C)cc1.C=O.CC1CCCCC1. The molecule has 0 heterocycles. The molecule has 2 heteroatoms. The topological polar surface area (TPSA) is 29.1 Å². The minimum absolute atomic E-state index is 0.703. The summed E-state index contributed by atoms with van der Waals surface area (Å²) in [5, 5.41) is 3.36. The van der Waals surface area contributed by atoms with Crippen molar-refractivity contribution in [3.05, 3.63) is 54.3 Å². The Labute approximate surface area is 173 Å². The first-order valence-electron chi connectivity index (χ1n) is 11.1. The zero-order valence-electron chi connectivity index (χ0n) is 18.3. The molecule has 1 atom stereocenters. The predicted octanol–water partition coefficient (Wildman–Crippen LogP) is 7.71. The number of benzene rings is 1. The van der Waals surface area contributed by atoms with Gasteiger partial charge in [-0.3, -0.25) is 0 Å². The molecule has 1 aromatic rings. The molecule has 1 N–H and O–H groups in total. The van der Waals surface area contributed by atoms with Crippen LogP contribution in [0.3, 0.4) is 0 Å². The summed E-state index contributed by atoms with van der Waals surface area (Å²) in [5.41, 5.74) is 5.10. The lowest BCUT2D eigenvalue weighted by atomic mass is 9.91. The minimum atomic E-state index is 0.703. The van der Waals surface area contributed by atoms with Gasteiger partial charge in [0.25, 0.3) is 0 Å². The van der Waals surface area contributed by atoms with Crippen LogP contribution in [0, 0.1) is 11.8 Å². The van der Waals surface area contributed by atoms with Crippen LogP contribution in [0.5, 0.6) is 0 Å². The third-order valence-electron chi connectivity index (χ3n) is 5.83. The summed E-state index contributed by atoms with van der Waals surface area (Å²) >= 11 is 0. The van der Waals surface area contributed by atoms with Gasteiger partial charge in [0.05, 0.1) is 0 Å². The maximum absolute atomic E-state index is 8.00. The van der Waals surface area contributed by atoms with Crippen molar-refractivity contribution in [1.82, 2.24) is 0 Å². The summed E-state index contributed by atoms with van der Waals surface area (Å²) in [6, 6.07) is 8.78. The van der Waals surface area contributed by atoms with Gasteiger partial charge in [0, 0.05) is 11.4 Å². The van der Waals surface area contributed by atoms with E-state index in [2.05, 4.69) is 56.6 Å². The summed E-state index contributed by atoms with van der Waals surface area (Å²) in [4.78, 5) is 8.00. The Bertz CT molecular complexity index is 569. The number of carbonyl (C=O) groups excluding carboxylic acids is 1. The lowest BCUT2D eigenvalue weighted by Crippen LogP contribution is -2.01. The van der Waals surface area contributed by atoms with E-state index in [4.69, 9.17) is 4.79 Å². The van der Waals surface area contributed by atoms with Crippen LogP contribution in [0.4, 0.5) is 5.69 Å². The minimum Gasteiger partial charge on any atom is -0.359 e. The molecule has 2 nitrogen and oxygen atoms in total. The van der Waals surface area contributed by atoms with E-state index in [1.54, 1.807) is 0 Å². The van der Waals surface area contributed by atoms with Crippen molar-refractivity contribution in [2.24, 2.45) is 11.8 Å². The van der Waals surface area contributed by atoms with Crippen molar-refractivity contribution in [3.8, 4) is 0 Å². The largest absolute Gasteiger partial charge is 0.359 e. The van der Waals surface area contributed by atoms with Gasteiger partial charge in [-0.15, -0.1) is 0 Å². The number of rotatable bonds is 6. The highest BCUT2D eigenvalue weighted by Gasteiger charge is 2.19. The van der Waals surface area contributed by atoms with E-state index in [9.17, 15) is 0 Å². The predicted molar refractivity (Wildman–Crippen MR) is 124 cm³/mol. The third kappa shape index (κ3) is 9.39. The van der Waals surface area contributed by atoms with Gasteiger partial charge in [0.1, 0.15) is 6.79 Å². The highest BCUT2D eigenvalue weighted by Crippen LogP contribution is 2.32. The molecular weight excluding hydrogens is 342 g/mol. The molecule has 28 heavy (non-hydrogen) atoms. The summed E-state index contributed by atoms with van der Waals surface area (Å²) < 4.78 is 0. The van der Waals surface area contributed by atoms with E-state index in [0.717, 1.165) is 36.6 Å². The van der Waals surface area contributed by atoms with E-state index in [-0.39, 0.29) is 0 Å².